The number of pyridine rings is 1. The Morgan fingerprint density at radius 3 is 2.06 bits per heavy atom. The van der Waals surface area contributed by atoms with Crippen molar-refractivity contribution in [3.05, 3.63) is 46.7 Å². The van der Waals surface area contributed by atoms with Gasteiger partial charge in [0.1, 0.15) is 16.1 Å². The molecular weight excluding hydrogens is 247 g/mol. The van der Waals surface area contributed by atoms with Gasteiger partial charge in [-0.2, -0.15) is 0 Å². The topological polar surface area (TPSA) is 45.1 Å². The van der Waals surface area contributed by atoms with Gasteiger partial charge in [0.25, 0.3) is 0 Å². The van der Waals surface area contributed by atoms with E-state index in [-0.39, 0.29) is 5.75 Å². The maximum Gasteiger partial charge on any atom is 0.132 e. The number of phenolic OH excluding ortho intramolecular Hbond substituents is 1. The number of nitrogens with one attached hydrogen (secondary N) is 1. The van der Waals surface area contributed by atoms with Crippen molar-refractivity contribution >= 4 is 34.6 Å². The number of rotatable bonds is 2. The predicted molar refractivity (Wildman–Crippen MR) is 65.6 cm³/mol. The van der Waals surface area contributed by atoms with Gasteiger partial charge < -0.3 is 10.4 Å². The van der Waals surface area contributed by atoms with E-state index >= 15 is 0 Å². The van der Waals surface area contributed by atoms with E-state index < -0.39 is 0 Å². The maximum absolute atomic E-state index is 9.13. The molecule has 3 nitrogen and oxygen atoms in total. The standard InChI is InChI=1S/C11H8Cl2N2O/c12-10-5-8(6-11(13)15-10)14-7-1-3-9(16)4-2-7/h1-6,16H,(H,14,15). The summed E-state index contributed by atoms with van der Waals surface area (Å²) < 4.78 is 0. The summed E-state index contributed by atoms with van der Waals surface area (Å²) in [5, 5.41) is 12.9. The molecular formula is C11H8Cl2N2O. The fourth-order valence-electron chi connectivity index (χ4n) is 1.25. The first-order chi connectivity index (χ1) is 7.63. The number of halogens is 2. The van der Waals surface area contributed by atoms with E-state index in [9.17, 15) is 0 Å². The molecule has 0 fully saturated rings. The van der Waals surface area contributed by atoms with Gasteiger partial charge in [0.15, 0.2) is 0 Å². The molecule has 0 amide bonds. The second kappa shape index (κ2) is 4.60. The Hall–Kier alpha value is -1.45. The van der Waals surface area contributed by atoms with Crippen LogP contribution in [0.15, 0.2) is 36.4 Å². The lowest BCUT2D eigenvalue weighted by atomic mass is 10.3. The number of anilines is 2. The molecule has 16 heavy (non-hydrogen) atoms. The summed E-state index contributed by atoms with van der Waals surface area (Å²) in [6, 6.07) is 10.0. The fourth-order valence-corrected chi connectivity index (χ4v) is 1.71. The molecule has 0 spiro atoms. The molecule has 1 aromatic heterocycles. The average molecular weight is 255 g/mol. The van der Waals surface area contributed by atoms with Crippen molar-refractivity contribution in [3.8, 4) is 5.75 Å². The smallest absolute Gasteiger partial charge is 0.132 e. The van der Waals surface area contributed by atoms with Crippen molar-refractivity contribution in [2.24, 2.45) is 0 Å². The largest absolute Gasteiger partial charge is 0.508 e. The summed E-state index contributed by atoms with van der Waals surface area (Å²) in [6.45, 7) is 0. The summed E-state index contributed by atoms with van der Waals surface area (Å²) in [6.07, 6.45) is 0. The third kappa shape index (κ3) is 2.78. The Morgan fingerprint density at radius 2 is 1.50 bits per heavy atom. The van der Waals surface area contributed by atoms with Gasteiger partial charge in [0.2, 0.25) is 0 Å². The number of aromatic hydroxyl groups is 1. The zero-order valence-corrected chi connectivity index (χ0v) is 9.63. The number of hydrogen-bond acceptors (Lipinski definition) is 3. The van der Waals surface area contributed by atoms with E-state index in [1.54, 1.807) is 36.4 Å². The lowest BCUT2D eigenvalue weighted by Gasteiger charge is -2.06. The van der Waals surface area contributed by atoms with Gasteiger partial charge in [-0.1, -0.05) is 23.2 Å². The Balaban J connectivity index is 2.23. The first kappa shape index (κ1) is 11.0. The zero-order valence-electron chi connectivity index (χ0n) is 8.11. The molecule has 0 bridgehead atoms. The first-order valence-corrected chi connectivity index (χ1v) is 5.28. The molecule has 0 atom stereocenters. The normalized spacial score (nSPS) is 10.1. The SMILES string of the molecule is Oc1ccc(Nc2cc(Cl)nc(Cl)c2)cc1. The number of nitrogens with zero attached hydrogens (tertiary/aromatic N) is 1. The lowest BCUT2D eigenvalue weighted by molar-refractivity contribution is 0.475. The van der Waals surface area contributed by atoms with E-state index in [1.807, 2.05) is 0 Å². The van der Waals surface area contributed by atoms with Crippen molar-refractivity contribution in [2.45, 2.75) is 0 Å². The molecule has 5 heteroatoms. The van der Waals surface area contributed by atoms with E-state index in [4.69, 9.17) is 28.3 Å². The molecule has 0 aliphatic carbocycles. The van der Waals surface area contributed by atoms with Gasteiger partial charge in [-0.15, -0.1) is 0 Å². The van der Waals surface area contributed by atoms with Gasteiger partial charge in [-0.05, 0) is 36.4 Å². The van der Waals surface area contributed by atoms with Gasteiger partial charge in [-0.3, -0.25) is 0 Å². The molecule has 0 saturated carbocycles. The summed E-state index contributed by atoms with van der Waals surface area (Å²) in [5.74, 6) is 0.219. The highest BCUT2D eigenvalue weighted by Gasteiger charge is 2.00. The predicted octanol–water partition coefficient (Wildman–Crippen LogP) is 3.84. The van der Waals surface area contributed by atoms with Crippen LogP contribution >= 0.6 is 23.2 Å². The summed E-state index contributed by atoms with van der Waals surface area (Å²) in [7, 11) is 0. The third-order valence-corrected chi connectivity index (χ3v) is 2.31. The van der Waals surface area contributed by atoms with Crippen LogP contribution < -0.4 is 5.32 Å². The highest BCUT2D eigenvalue weighted by molar-refractivity contribution is 6.32. The number of aromatic nitrogens is 1. The second-order valence-electron chi connectivity index (χ2n) is 3.17. The van der Waals surface area contributed by atoms with E-state index in [1.165, 1.54) is 0 Å². The van der Waals surface area contributed by atoms with Crippen molar-refractivity contribution in [3.63, 3.8) is 0 Å². The van der Waals surface area contributed by atoms with Crippen LogP contribution in [0.25, 0.3) is 0 Å². The van der Waals surface area contributed by atoms with E-state index in [0.29, 0.717) is 10.3 Å². The van der Waals surface area contributed by atoms with Crippen LogP contribution in [-0.4, -0.2) is 10.1 Å². The fraction of sp³-hybridized carbons (Fsp3) is 0. The van der Waals surface area contributed by atoms with Crippen LogP contribution in [0.2, 0.25) is 10.3 Å². The second-order valence-corrected chi connectivity index (χ2v) is 3.95. The number of benzene rings is 1. The summed E-state index contributed by atoms with van der Waals surface area (Å²) in [5.41, 5.74) is 1.58. The Kier molecular flexibility index (Phi) is 3.17. The monoisotopic (exact) mass is 254 g/mol. The molecule has 1 heterocycles. The molecule has 1 aromatic carbocycles. The molecule has 0 aliphatic heterocycles. The van der Waals surface area contributed by atoms with Crippen LogP contribution in [0, 0.1) is 0 Å². The summed E-state index contributed by atoms with van der Waals surface area (Å²) in [4.78, 5) is 3.84. The summed E-state index contributed by atoms with van der Waals surface area (Å²) >= 11 is 11.5. The van der Waals surface area contributed by atoms with Crippen LogP contribution in [0.5, 0.6) is 5.75 Å². The van der Waals surface area contributed by atoms with Crippen LogP contribution in [-0.2, 0) is 0 Å². The molecule has 2 rings (SSSR count). The van der Waals surface area contributed by atoms with Crippen LogP contribution in [0.4, 0.5) is 11.4 Å². The highest BCUT2D eigenvalue weighted by atomic mass is 35.5. The van der Waals surface area contributed by atoms with Crippen LogP contribution in [0.3, 0.4) is 0 Å². The van der Waals surface area contributed by atoms with Crippen molar-refractivity contribution in [1.29, 1.82) is 0 Å². The number of phenols is 1. The van der Waals surface area contributed by atoms with E-state index in [0.717, 1.165) is 11.4 Å². The third-order valence-electron chi connectivity index (χ3n) is 1.92. The zero-order chi connectivity index (χ0) is 11.5. The molecule has 0 aliphatic rings. The Bertz CT molecular complexity index is 480. The van der Waals surface area contributed by atoms with Gasteiger partial charge in [0.05, 0.1) is 0 Å². The van der Waals surface area contributed by atoms with Crippen LogP contribution in [0.1, 0.15) is 0 Å². The van der Waals surface area contributed by atoms with Crippen molar-refractivity contribution in [1.82, 2.24) is 4.98 Å². The Labute approximate surface area is 103 Å². The molecule has 2 N–H and O–H groups in total. The van der Waals surface area contributed by atoms with Crippen molar-refractivity contribution in [2.75, 3.05) is 5.32 Å². The Morgan fingerprint density at radius 1 is 0.938 bits per heavy atom. The number of hydrogen-bond donors (Lipinski definition) is 2. The molecule has 0 saturated heterocycles. The molecule has 2 aromatic rings. The van der Waals surface area contributed by atoms with E-state index in [2.05, 4.69) is 10.3 Å². The first-order valence-electron chi connectivity index (χ1n) is 4.52. The van der Waals surface area contributed by atoms with Gasteiger partial charge in [-0.25, -0.2) is 4.98 Å². The van der Waals surface area contributed by atoms with Gasteiger partial charge >= 0.3 is 0 Å². The highest BCUT2D eigenvalue weighted by Crippen LogP contribution is 2.23. The lowest BCUT2D eigenvalue weighted by Crippen LogP contribution is -1.90. The van der Waals surface area contributed by atoms with Crippen molar-refractivity contribution < 1.29 is 5.11 Å². The minimum atomic E-state index is 0.219. The average Bonchev–Trinajstić information content (AvgIpc) is 2.20. The minimum Gasteiger partial charge on any atom is -0.508 e. The quantitative estimate of drug-likeness (QED) is 0.633. The van der Waals surface area contributed by atoms with Gasteiger partial charge in [0, 0.05) is 11.4 Å². The molecule has 82 valence electrons. The maximum atomic E-state index is 9.13. The molecule has 0 radical (unpaired) electrons. The molecule has 0 unspecified atom stereocenters. The minimum absolute atomic E-state index is 0.219.